The van der Waals surface area contributed by atoms with Crippen LogP contribution in [-0.2, 0) is 14.8 Å². The molecule has 1 amide bonds. The molecule has 0 saturated carbocycles. The Kier molecular flexibility index (Phi) is 7.00. The summed E-state index contributed by atoms with van der Waals surface area (Å²) in [4.78, 5) is 16.7. The number of anilines is 1. The molecular weight excluding hydrogens is 452 g/mol. The van der Waals surface area contributed by atoms with E-state index >= 15 is 0 Å². The molecule has 3 aromatic rings. The predicted octanol–water partition coefficient (Wildman–Crippen LogP) is 3.43. The van der Waals surface area contributed by atoms with Crippen LogP contribution in [0, 0.1) is 13.8 Å². The molecule has 8 nitrogen and oxygen atoms in total. The minimum atomic E-state index is -3.68. The lowest BCUT2D eigenvalue weighted by Gasteiger charge is -2.22. The van der Waals surface area contributed by atoms with Crippen LogP contribution in [0.4, 0.5) is 5.69 Å². The quantitative estimate of drug-likeness (QED) is 0.321. The molecule has 2 aromatic carbocycles. The third-order valence-corrected chi connectivity index (χ3v) is 6.02. The number of rotatable bonds is 7. The van der Waals surface area contributed by atoms with E-state index in [1.165, 1.54) is 6.21 Å². The maximum Gasteiger partial charge on any atom is 0.260 e. The molecule has 0 unspecified atom stereocenters. The number of aromatic nitrogens is 1. The topological polar surface area (TPSA) is 101 Å². The normalized spacial score (nSPS) is 11.7. The number of methoxy groups -OCH3 is 1. The van der Waals surface area contributed by atoms with Gasteiger partial charge in [-0.1, -0.05) is 17.7 Å². The van der Waals surface area contributed by atoms with Crippen molar-refractivity contribution >= 4 is 50.3 Å². The van der Waals surface area contributed by atoms with Crippen LogP contribution in [0.2, 0.25) is 5.15 Å². The first-order valence-electron chi connectivity index (χ1n) is 9.59. The van der Waals surface area contributed by atoms with Crippen LogP contribution >= 0.6 is 11.6 Å². The maximum absolute atomic E-state index is 12.4. The van der Waals surface area contributed by atoms with E-state index in [1.54, 1.807) is 37.4 Å². The van der Waals surface area contributed by atoms with Crippen molar-refractivity contribution in [3.8, 4) is 5.75 Å². The number of nitrogens with zero attached hydrogens (tertiary/aromatic N) is 3. The Bertz CT molecular complexity index is 1290. The van der Waals surface area contributed by atoms with Crippen molar-refractivity contribution in [3.05, 3.63) is 64.3 Å². The summed E-state index contributed by atoms with van der Waals surface area (Å²) in [6, 6.07) is 12.5. The molecule has 0 aliphatic heterocycles. The van der Waals surface area contributed by atoms with Crippen LogP contribution in [-0.4, -0.2) is 45.4 Å². The first kappa shape index (κ1) is 23.5. The molecular formula is C22H23ClN4O4S. The van der Waals surface area contributed by atoms with Crippen molar-refractivity contribution in [1.29, 1.82) is 0 Å². The number of hydrogen-bond acceptors (Lipinski definition) is 6. The highest BCUT2D eigenvalue weighted by Crippen LogP contribution is 2.23. The minimum Gasteiger partial charge on any atom is -0.497 e. The van der Waals surface area contributed by atoms with Crippen molar-refractivity contribution in [2.45, 2.75) is 13.8 Å². The average molecular weight is 475 g/mol. The fourth-order valence-electron chi connectivity index (χ4n) is 3.19. The van der Waals surface area contributed by atoms with E-state index in [0.29, 0.717) is 22.5 Å². The van der Waals surface area contributed by atoms with E-state index < -0.39 is 22.5 Å². The summed E-state index contributed by atoms with van der Waals surface area (Å²) in [7, 11) is -2.11. The summed E-state index contributed by atoms with van der Waals surface area (Å²) < 4.78 is 30.8. The van der Waals surface area contributed by atoms with Gasteiger partial charge in [-0.15, -0.1) is 0 Å². The van der Waals surface area contributed by atoms with Gasteiger partial charge in [-0.3, -0.25) is 9.10 Å². The Balaban J connectivity index is 1.76. The van der Waals surface area contributed by atoms with Crippen LogP contribution in [0.3, 0.4) is 0 Å². The van der Waals surface area contributed by atoms with Crippen molar-refractivity contribution in [2.24, 2.45) is 5.10 Å². The van der Waals surface area contributed by atoms with Gasteiger partial charge in [0.25, 0.3) is 5.91 Å². The van der Waals surface area contributed by atoms with E-state index in [2.05, 4.69) is 15.5 Å². The predicted molar refractivity (Wildman–Crippen MR) is 127 cm³/mol. The summed E-state index contributed by atoms with van der Waals surface area (Å²) >= 11 is 6.22. The molecule has 0 fully saturated rings. The zero-order valence-corrected chi connectivity index (χ0v) is 19.7. The summed E-state index contributed by atoms with van der Waals surface area (Å²) in [5, 5.41) is 4.94. The number of fused-ring (bicyclic) bond motifs is 1. The number of aryl methyl sites for hydroxylation is 2. The zero-order chi connectivity index (χ0) is 23.5. The van der Waals surface area contributed by atoms with Crippen LogP contribution in [0.5, 0.6) is 5.75 Å². The molecule has 1 heterocycles. The molecule has 3 rings (SSSR count). The number of hydrazone groups is 1. The fraction of sp³-hybridized carbons (Fsp3) is 0.227. The van der Waals surface area contributed by atoms with Crippen molar-refractivity contribution in [1.82, 2.24) is 10.4 Å². The number of benzene rings is 2. The molecule has 168 valence electrons. The van der Waals surface area contributed by atoms with E-state index in [0.717, 1.165) is 27.1 Å². The standard InChI is InChI=1S/C22H23ClN4O4S/c1-14-7-15(2)9-18(8-14)27(32(4,29)30)13-21(28)26-24-12-17-10-16-5-6-19(31-3)11-20(16)25-22(17)23/h5-12H,13H2,1-4H3,(H,26,28)/b24-12-. The summed E-state index contributed by atoms with van der Waals surface area (Å²) in [6.07, 6.45) is 2.41. The first-order chi connectivity index (χ1) is 15.1. The van der Waals surface area contributed by atoms with E-state index in [-0.39, 0.29) is 5.15 Å². The Hall–Kier alpha value is -3.17. The maximum atomic E-state index is 12.4. The van der Waals surface area contributed by atoms with Gasteiger partial charge in [0.2, 0.25) is 10.0 Å². The van der Waals surface area contributed by atoms with E-state index in [1.807, 2.05) is 26.0 Å². The molecule has 1 N–H and O–H groups in total. The molecule has 1 aromatic heterocycles. The molecule has 32 heavy (non-hydrogen) atoms. The summed E-state index contributed by atoms with van der Waals surface area (Å²) in [6.45, 7) is 3.31. The molecule has 0 aliphatic carbocycles. The number of pyridine rings is 1. The van der Waals surface area contributed by atoms with Gasteiger partial charge < -0.3 is 4.74 Å². The van der Waals surface area contributed by atoms with Crippen LogP contribution in [0.25, 0.3) is 10.9 Å². The Morgan fingerprint density at radius 2 is 1.88 bits per heavy atom. The van der Waals surface area contributed by atoms with Crippen molar-refractivity contribution in [3.63, 3.8) is 0 Å². The number of halogens is 1. The number of carbonyl (C=O) groups is 1. The Labute approximate surface area is 191 Å². The molecule has 10 heteroatoms. The first-order valence-corrected chi connectivity index (χ1v) is 11.8. The highest BCUT2D eigenvalue weighted by Gasteiger charge is 2.21. The number of amides is 1. The van der Waals surface area contributed by atoms with Crippen LogP contribution in [0.1, 0.15) is 16.7 Å². The summed E-state index contributed by atoms with van der Waals surface area (Å²) in [5.41, 5.74) is 5.70. The van der Waals surface area contributed by atoms with Gasteiger partial charge in [0.05, 0.1) is 30.8 Å². The lowest BCUT2D eigenvalue weighted by atomic mass is 10.1. The molecule has 0 atom stereocenters. The highest BCUT2D eigenvalue weighted by molar-refractivity contribution is 7.92. The molecule has 0 bridgehead atoms. The van der Waals surface area contributed by atoms with Gasteiger partial charge >= 0.3 is 0 Å². The van der Waals surface area contributed by atoms with Gasteiger partial charge in [-0.05, 0) is 55.3 Å². The lowest BCUT2D eigenvalue weighted by molar-refractivity contribution is -0.119. The third kappa shape index (κ3) is 5.74. The van der Waals surface area contributed by atoms with Crippen molar-refractivity contribution in [2.75, 3.05) is 24.2 Å². The largest absolute Gasteiger partial charge is 0.497 e. The van der Waals surface area contributed by atoms with Gasteiger partial charge in [-0.25, -0.2) is 18.8 Å². The average Bonchev–Trinajstić information content (AvgIpc) is 2.70. The lowest BCUT2D eigenvalue weighted by Crippen LogP contribution is -2.39. The number of ether oxygens (including phenoxy) is 1. The van der Waals surface area contributed by atoms with Crippen LogP contribution in [0.15, 0.2) is 47.6 Å². The Morgan fingerprint density at radius 3 is 2.50 bits per heavy atom. The fourth-order valence-corrected chi connectivity index (χ4v) is 4.23. The van der Waals surface area contributed by atoms with E-state index in [9.17, 15) is 13.2 Å². The second-order valence-electron chi connectivity index (χ2n) is 7.34. The van der Waals surface area contributed by atoms with Gasteiger partial charge in [-0.2, -0.15) is 5.10 Å². The molecule has 0 radical (unpaired) electrons. The Morgan fingerprint density at radius 1 is 1.19 bits per heavy atom. The smallest absolute Gasteiger partial charge is 0.260 e. The second kappa shape index (κ2) is 9.54. The number of sulfonamides is 1. The van der Waals surface area contributed by atoms with E-state index in [4.69, 9.17) is 16.3 Å². The molecule has 0 spiro atoms. The zero-order valence-electron chi connectivity index (χ0n) is 18.1. The number of carbonyl (C=O) groups excluding carboxylic acids is 1. The van der Waals surface area contributed by atoms with Gasteiger partial charge in [0.1, 0.15) is 17.4 Å². The van der Waals surface area contributed by atoms with Crippen molar-refractivity contribution < 1.29 is 17.9 Å². The van der Waals surface area contributed by atoms with Crippen LogP contribution < -0.4 is 14.5 Å². The highest BCUT2D eigenvalue weighted by atomic mass is 35.5. The van der Waals surface area contributed by atoms with Gasteiger partial charge in [0.15, 0.2) is 0 Å². The second-order valence-corrected chi connectivity index (χ2v) is 9.60. The molecule has 0 aliphatic rings. The molecule has 0 saturated heterocycles. The monoisotopic (exact) mass is 474 g/mol. The minimum absolute atomic E-state index is 0.205. The summed E-state index contributed by atoms with van der Waals surface area (Å²) in [5.74, 6) is 0.0643. The number of nitrogens with one attached hydrogen (secondary N) is 1. The SMILES string of the molecule is COc1ccc2cc(/C=N\NC(=O)CN(c3cc(C)cc(C)c3)S(C)(=O)=O)c(Cl)nc2c1. The number of hydrogen-bond donors (Lipinski definition) is 1. The third-order valence-electron chi connectivity index (χ3n) is 4.58. The van der Waals surface area contributed by atoms with Gasteiger partial charge in [0, 0.05) is 17.0 Å².